The van der Waals surface area contributed by atoms with E-state index < -0.39 is 4.92 Å². The minimum atomic E-state index is -0.440. The van der Waals surface area contributed by atoms with E-state index in [0.717, 1.165) is 30.8 Å². The lowest BCUT2D eigenvalue weighted by molar-refractivity contribution is -0.384. The van der Waals surface area contributed by atoms with Crippen molar-refractivity contribution in [3.8, 4) is 11.5 Å². The van der Waals surface area contributed by atoms with Gasteiger partial charge in [0.2, 0.25) is 11.8 Å². The number of rotatable bonds is 6. The van der Waals surface area contributed by atoms with Crippen molar-refractivity contribution < 1.29 is 9.34 Å². The molecule has 148 valence electrons. The summed E-state index contributed by atoms with van der Waals surface area (Å²) >= 11 is 5.67. The maximum absolute atomic E-state index is 11.0. The van der Waals surface area contributed by atoms with E-state index in [1.807, 2.05) is 0 Å². The van der Waals surface area contributed by atoms with Gasteiger partial charge in [-0.3, -0.25) is 10.1 Å². The molecule has 0 radical (unpaired) electrons. The number of thiocarbonyl (C=S) groups is 1. The molecule has 2 fully saturated rings. The molecule has 0 bridgehead atoms. The van der Waals surface area contributed by atoms with Gasteiger partial charge in [-0.05, 0) is 44.0 Å². The van der Waals surface area contributed by atoms with Gasteiger partial charge < -0.3 is 14.6 Å². The average Bonchev–Trinajstić information content (AvgIpc) is 3.44. The van der Waals surface area contributed by atoms with Gasteiger partial charge >= 0.3 is 0 Å². The molecule has 0 unspecified atom stereocenters. The molecule has 1 heterocycles. The number of nitro benzene ring substituents is 1. The molecular formula is C19H23N5O3S. The molecule has 8 nitrogen and oxygen atoms in total. The first kappa shape index (κ1) is 18.8. The fourth-order valence-corrected chi connectivity index (χ4v) is 3.97. The Labute approximate surface area is 168 Å². The van der Waals surface area contributed by atoms with Crippen molar-refractivity contribution in [2.45, 2.75) is 63.6 Å². The minimum absolute atomic E-state index is 0.00489. The Morgan fingerprint density at radius 1 is 1.25 bits per heavy atom. The summed E-state index contributed by atoms with van der Waals surface area (Å²) in [6.07, 6.45) is 8.35. The van der Waals surface area contributed by atoms with Crippen LogP contribution in [0.1, 0.15) is 50.8 Å². The SMILES string of the molecule is O=[N+]([O-])c1cccc(-c2nnc(CN(C(=S)NC3CCCCC3)C3CC3)o2)c1. The van der Waals surface area contributed by atoms with Crippen LogP contribution in [0, 0.1) is 10.1 Å². The van der Waals surface area contributed by atoms with Gasteiger partial charge in [0.25, 0.3) is 5.69 Å². The van der Waals surface area contributed by atoms with Gasteiger partial charge in [-0.15, -0.1) is 10.2 Å². The molecule has 1 aromatic carbocycles. The van der Waals surface area contributed by atoms with E-state index in [2.05, 4.69) is 20.4 Å². The van der Waals surface area contributed by atoms with Crippen molar-refractivity contribution in [3.05, 3.63) is 40.3 Å². The van der Waals surface area contributed by atoms with Crippen molar-refractivity contribution in [1.29, 1.82) is 0 Å². The first-order valence-corrected chi connectivity index (χ1v) is 10.2. The molecule has 1 aromatic heterocycles. The second-order valence-electron chi connectivity index (χ2n) is 7.45. The summed E-state index contributed by atoms with van der Waals surface area (Å²) < 4.78 is 5.78. The van der Waals surface area contributed by atoms with Crippen LogP contribution >= 0.6 is 12.2 Å². The van der Waals surface area contributed by atoms with Gasteiger partial charge in [0.1, 0.15) is 0 Å². The fourth-order valence-electron chi connectivity index (χ4n) is 3.59. The molecule has 0 spiro atoms. The number of aromatic nitrogens is 2. The summed E-state index contributed by atoms with van der Waals surface area (Å²) in [4.78, 5) is 12.7. The summed E-state index contributed by atoms with van der Waals surface area (Å²) in [7, 11) is 0. The maximum Gasteiger partial charge on any atom is 0.270 e. The van der Waals surface area contributed by atoms with Crippen LogP contribution in [0.15, 0.2) is 28.7 Å². The molecule has 2 aliphatic rings. The third-order valence-electron chi connectivity index (χ3n) is 5.26. The Bertz CT molecular complexity index is 861. The summed E-state index contributed by atoms with van der Waals surface area (Å²) in [5, 5.41) is 23.4. The highest BCUT2D eigenvalue weighted by molar-refractivity contribution is 7.80. The van der Waals surface area contributed by atoms with E-state index in [0.29, 0.717) is 30.1 Å². The van der Waals surface area contributed by atoms with E-state index in [4.69, 9.17) is 16.6 Å². The van der Waals surface area contributed by atoms with Crippen molar-refractivity contribution in [2.75, 3.05) is 0 Å². The van der Waals surface area contributed by atoms with Gasteiger partial charge in [0, 0.05) is 29.8 Å². The Morgan fingerprint density at radius 3 is 2.75 bits per heavy atom. The van der Waals surface area contributed by atoms with Gasteiger partial charge in [0.05, 0.1) is 11.5 Å². The van der Waals surface area contributed by atoms with E-state index in [1.165, 1.54) is 31.4 Å². The number of hydrogen-bond donors (Lipinski definition) is 1. The highest BCUT2D eigenvalue weighted by Crippen LogP contribution is 2.30. The zero-order valence-electron chi connectivity index (χ0n) is 15.5. The van der Waals surface area contributed by atoms with Crippen molar-refractivity contribution in [3.63, 3.8) is 0 Å². The molecule has 0 amide bonds. The standard InChI is InChI=1S/C19H23N5O3S/c25-24(26)16-8-4-5-13(11-16)18-22-21-17(27-18)12-23(15-9-10-15)19(28)20-14-6-2-1-3-7-14/h4-5,8,11,14-15H,1-3,6-7,9-10,12H2,(H,20,28). The maximum atomic E-state index is 11.0. The van der Waals surface area contributed by atoms with Crippen LogP contribution in [0.4, 0.5) is 5.69 Å². The van der Waals surface area contributed by atoms with Crippen molar-refractivity contribution in [2.24, 2.45) is 0 Å². The topological polar surface area (TPSA) is 97.3 Å². The van der Waals surface area contributed by atoms with Crippen LogP contribution in [0.3, 0.4) is 0 Å². The Morgan fingerprint density at radius 2 is 2.04 bits per heavy atom. The second-order valence-corrected chi connectivity index (χ2v) is 7.84. The lowest BCUT2D eigenvalue weighted by Crippen LogP contribution is -2.46. The molecule has 0 saturated heterocycles. The number of benzene rings is 1. The zero-order chi connectivity index (χ0) is 19.5. The molecule has 4 rings (SSSR count). The van der Waals surface area contributed by atoms with Crippen LogP contribution in [-0.4, -0.2) is 37.2 Å². The van der Waals surface area contributed by atoms with Gasteiger partial charge in [-0.1, -0.05) is 25.3 Å². The van der Waals surface area contributed by atoms with Crippen LogP contribution in [0.25, 0.3) is 11.5 Å². The monoisotopic (exact) mass is 401 g/mol. The highest BCUT2D eigenvalue weighted by Gasteiger charge is 2.33. The lowest BCUT2D eigenvalue weighted by atomic mass is 9.96. The summed E-state index contributed by atoms with van der Waals surface area (Å²) in [5.74, 6) is 0.738. The molecular weight excluding hydrogens is 378 g/mol. The van der Waals surface area contributed by atoms with E-state index in [-0.39, 0.29) is 11.6 Å². The number of nitrogens with one attached hydrogen (secondary N) is 1. The van der Waals surface area contributed by atoms with Crippen LogP contribution < -0.4 is 5.32 Å². The van der Waals surface area contributed by atoms with E-state index >= 15 is 0 Å². The summed E-state index contributed by atoms with van der Waals surface area (Å²) in [6, 6.07) is 7.06. The second kappa shape index (κ2) is 8.22. The number of nitrogens with zero attached hydrogens (tertiary/aromatic N) is 4. The number of hydrogen-bond acceptors (Lipinski definition) is 6. The van der Waals surface area contributed by atoms with E-state index in [9.17, 15) is 10.1 Å². The lowest BCUT2D eigenvalue weighted by Gasteiger charge is -2.30. The van der Waals surface area contributed by atoms with Crippen molar-refractivity contribution in [1.82, 2.24) is 20.4 Å². The minimum Gasteiger partial charge on any atom is -0.419 e. The van der Waals surface area contributed by atoms with Gasteiger partial charge in [-0.2, -0.15) is 0 Å². The Hall–Kier alpha value is -2.55. The van der Waals surface area contributed by atoms with Gasteiger partial charge in [0.15, 0.2) is 5.11 Å². The Balaban J connectivity index is 1.44. The quantitative estimate of drug-likeness (QED) is 0.443. The molecule has 2 aliphatic carbocycles. The largest absolute Gasteiger partial charge is 0.419 e. The van der Waals surface area contributed by atoms with Crippen molar-refractivity contribution >= 4 is 23.0 Å². The molecule has 0 atom stereocenters. The molecule has 28 heavy (non-hydrogen) atoms. The smallest absolute Gasteiger partial charge is 0.270 e. The molecule has 0 aliphatic heterocycles. The van der Waals surface area contributed by atoms with E-state index in [1.54, 1.807) is 12.1 Å². The number of nitro groups is 1. The molecule has 2 saturated carbocycles. The third kappa shape index (κ3) is 4.46. The normalized spacial score (nSPS) is 17.3. The average molecular weight is 401 g/mol. The van der Waals surface area contributed by atoms with Crippen LogP contribution in [0.5, 0.6) is 0 Å². The first-order chi connectivity index (χ1) is 13.6. The molecule has 1 N–H and O–H groups in total. The molecule has 2 aromatic rings. The first-order valence-electron chi connectivity index (χ1n) is 9.74. The number of non-ortho nitro benzene ring substituents is 1. The third-order valence-corrected chi connectivity index (χ3v) is 5.61. The summed E-state index contributed by atoms with van der Waals surface area (Å²) in [6.45, 7) is 0.450. The predicted octanol–water partition coefficient (Wildman–Crippen LogP) is 3.82. The summed E-state index contributed by atoms with van der Waals surface area (Å²) in [5.41, 5.74) is 0.531. The van der Waals surface area contributed by atoms with Crippen LogP contribution in [0.2, 0.25) is 0 Å². The fraction of sp³-hybridized carbons (Fsp3) is 0.526. The predicted molar refractivity (Wildman–Crippen MR) is 108 cm³/mol. The highest BCUT2D eigenvalue weighted by atomic mass is 32.1. The zero-order valence-corrected chi connectivity index (χ0v) is 16.4. The van der Waals surface area contributed by atoms with Crippen LogP contribution in [-0.2, 0) is 6.54 Å². The Kier molecular flexibility index (Phi) is 5.52. The van der Waals surface area contributed by atoms with Gasteiger partial charge in [-0.25, -0.2) is 0 Å². The molecule has 9 heteroatoms.